The molecule has 0 aromatic carbocycles. The number of hydrogen-bond acceptors (Lipinski definition) is 7. The molecule has 0 unspecified atom stereocenters. The predicted molar refractivity (Wildman–Crippen MR) is 67.3 cm³/mol. The standard InChI is InChI=1S/C10H12FN7O2/c11-7-2-4-14-9(18-10(19)15-16-17-18)6(7)5-20-8(13)1-3-12/h1-4,12,16-17H,5,13H2,(H,15,19). The summed E-state index contributed by atoms with van der Waals surface area (Å²) in [5.41, 5.74) is 12.6. The van der Waals surface area contributed by atoms with Crippen LogP contribution in [0.25, 0.3) is 0 Å². The number of pyridine rings is 1. The third-order valence-corrected chi connectivity index (χ3v) is 2.36. The number of nitrogens with two attached hydrogens (primary N) is 1. The molecule has 0 saturated carbocycles. The third-order valence-electron chi connectivity index (χ3n) is 2.36. The van der Waals surface area contributed by atoms with Gasteiger partial charge in [0.15, 0.2) is 11.7 Å². The minimum atomic E-state index is -0.598. The number of anilines is 1. The van der Waals surface area contributed by atoms with Crippen LogP contribution in [0.3, 0.4) is 0 Å². The zero-order valence-electron chi connectivity index (χ0n) is 10.2. The Morgan fingerprint density at radius 1 is 1.65 bits per heavy atom. The van der Waals surface area contributed by atoms with Gasteiger partial charge >= 0.3 is 6.03 Å². The Morgan fingerprint density at radius 3 is 3.10 bits per heavy atom. The minimum absolute atomic E-state index is 0.0372. The number of rotatable bonds is 5. The molecule has 0 radical (unpaired) electrons. The van der Waals surface area contributed by atoms with Crippen LogP contribution in [0.4, 0.5) is 15.0 Å². The molecule has 6 N–H and O–H groups in total. The van der Waals surface area contributed by atoms with E-state index >= 15 is 0 Å². The highest BCUT2D eigenvalue weighted by molar-refractivity contribution is 5.91. The molecule has 1 fully saturated rings. The van der Waals surface area contributed by atoms with Gasteiger partial charge in [-0.3, -0.25) is 5.43 Å². The Hall–Kier alpha value is -2.72. The van der Waals surface area contributed by atoms with Crippen LogP contribution in [0, 0.1) is 11.2 Å². The van der Waals surface area contributed by atoms with Gasteiger partial charge in [-0.15, -0.1) is 11.1 Å². The first-order valence-electron chi connectivity index (χ1n) is 5.46. The fourth-order valence-electron chi connectivity index (χ4n) is 1.46. The number of amides is 2. The highest BCUT2D eigenvalue weighted by Crippen LogP contribution is 2.21. The van der Waals surface area contributed by atoms with Crippen LogP contribution in [0.15, 0.2) is 24.2 Å². The number of aromatic nitrogens is 1. The number of nitrogens with zero attached hydrogens (tertiary/aromatic N) is 2. The summed E-state index contributed by atoms with van der Waals surface area (Å²) < 4.78 is 18.9. The molecule has 0 bridgehead atoms. The Morgan fingerprint density at radius 2 is 2.45 bits per heavy atom. The van der Waals surface area contributed by atoms with Crippen molar-refractivity contribution in [2.45, 2.75) is 6.61 Å². The second-order valence-corrected chi connectivity index (χ2v) is 3.62. The van der Waals surface area contributed by atoms with Crippen LogP contribution in [0.1, 0.15) is 5.56 Å². The molecule has 0 aliphatic carbocycles. The smallest absolute Gasteiger partial charge is 0.354 e. The molecule has 1 aliphatic heterocycles. The Balaban J connectivity index is 2.24. The second kappa shape index (κ2) is 5.95. The summed E-state index contributed by atoms with van der Waals surface area (Å²) >= 11 is 0. The Labute approximate surface area is 113 Å². The SMILES string of the molecule is N=CC=C(N)OCc1c(F)ccnc1N1NNNC1=O. The Bertz CT molecular complexity index is 563. The van der Waals surface area contributed by atoms with Crippen LogP contribution in [0.5, 0.6) is 0 Å². The minimum Gasteiger partial charge on any atom is -0.474 e. The van der Waals surface area contributed by atoms with Gasteiger partial charge in [0.2, 0.25) is 0 Å². The Kier molecular flexibility index (Phi) is 4.08. The summed E-state index contributed by atoms with van der Waals surface area (Å²) in [6, 6.07) is 0.590. The van der Waals surface area contributed by atoms with Crippen molar-refractivity contribution in [1.29, 1.82) is 5.41 Å². The van der Waals surface area contributed by atoms with Gasteiger partial charge in [-0.25, -0.2) is 14.2 Å². The topological polar surface area (TPSA) is 128 Å². The number of ether oxygens (including phenoxy) is 1. The molecule has 20 heavy (non-hydrogen) atoms. The summed E-state index contributed by atoms with van der Waals surface area (Å²) in [4.78, 5) is 15.4. The van der Waals surface area contributed by atoms with Crippen molar-refractivity contribution in [3.63, 3.8) is 0 Å². The largest absolute Gasteiger partial charge is 0.474 e. The lowest BCUT2D eigenvalue weighted by Gasteiger charge is -2.16. The molecule has 2 amide bonds. The lowest BCUT2D eigenvalue weighted by atomic mass is 10.2. The highest BCUT2D eigenvalue weighted by atomic mass is 19.1. The van der Waals surface area contributed by atoms with Crippen molar-refractivity contribution in [2.75, 3.05) is 5.01 Å². The van der Waals surface area contributed by atoms with E-state index in [1.807, 2.05) is 0 Å². The van der Waals surface area contributed by atoms with Crippen LogP contribution in [0.2, 0.25) is 0 Å². The van der Waals surface area contributed by atoms with E-state index in [9.17, 15) is 9.18 Å². The highest BCUT2D eigenvalue weighted by Gasteiger charge is 2.26. The molecular formula is C10H12FN7O2. The summed E-state index contributed by atoms with van der Waals surface area (Å²) in [6.07, 6.45) is 3.36. The van der Waals surface area contributed by atoms with Crippen molar-refractivity contribution >= 4 is 18.1 Å². The third kappa shape index (κ3) is 2.81. The normalized spacial score (nSPS) is 15.2. The summed E-state index contributed by atoms with van der Waals surface area (Å²) in [7, 11) is 0. The molecular weight excluding hydrogens is 269 g/mol. The molecule has 2 heterocycles. The number of nitrogens with one attached hydrogen (secondary N) is 4. The van der Waals surface area contributed by atoms with Gasteiger partial charge in [-0.2, -0.15) is 5.01 Å². The van der Waals surface area contributed by atoms with E-state index < -0.39 is 11.8 Å². The zero-order valence-corrected chi connectivity index (χ0v) is 10.2. The first-order chi connectivity index (χ1) is 9.63. The van der Waals surface area contributed by atoms with Crippen LogP contribution >= 0.6 is 0 Å². The number of carbonyl (C=O) groups excluding carboxylic acids is 1. The van der Waals surface area contributed by atoms with E-state index in [0.717, 1.165) is 17.3 Å². The van der Waals surface area contributed by atoms with E-state index in [-0.39, 0.29) is 23.9 Å². The summed E-state index contributed by atoms with van der Waals surface area (Å²) in [5, 5.41) is 7.82. The molecule has 2 rings (SSSR count). The maximum atomic E-state index is 13.8. The predicted octanol–water partition coefficient (Wildman–Crippen LogP) is -0.359. The van der Waals surface area contributed by atoms with E-state index in [0.29, 0.717) is 0 Å². The number of allylic oxidation sites excluding steroid dienone is 1. The number of halogens is 1. The molecule has 10 heteroatoms. The molecule has 9 nitrogen and oxygen atoms in total. The maximum Gasteiger partial charge on any atom is 0.354 e. The fraction of sp³-hybridized carbons (Fsp3) is 0.100. The van der Waals surface area contributed by atoms with E-state index in [2.05, 4.69) is 21.5 Å². The van der Waals surface area contributed by atoms with Gasteiger partial charge in [-0.1, -0.05) is 0 Å². The van der Waals surface area contributed by atoms with Gasteiger partial charge in [0.05, 0.1) is 5.56 Å². The lowest BCUT2D eigenvalue weighted by molar-refractivity contribution is 0.193. The summed E-state index contributed by atoms with van der Waals surface area (Å²) in [5.74, 6) is -0.611. The fourth-order valence-corrected chi connectivity index (χ4v) is 1.46. The number of urea groups is 1. The van der Waals surface area contributed by atoms with Crippen LogP contribution < -0.4 is 27.2 Å². The second-order valence-electron chi connectivity index (χ2n) is 3.62. The van der Waals surface area contributed by atoms with Gasteiger partial charge in [0, 0.05) is 18.5 Å². The molecule has 0 spiro atoms. The van der Waals surface area contributed by atoms with Crippen molar-refractivity contribution < 1.29 is 13.9 Å². The molecule has 0 atom stereocenters. The monoisotopic (exact) mass is 281 g/mol. The molecule has 1 aromatic heterocycles. The molecule has 1 aliphatic rings. The van der Waals surface area contributed by atoms with Crippen LogP contribution in [-0.4, -0.2) is 17.2 Å². The van der Waals surface area contributed by atoms with E-state index in [1.54, 1.807) is 0 Å². The average Bonchev–Trinajstić information content (AvgIpc) is 2.83. The van der Waals surface area contributed by atoms with Crippen LogP contribution in [-0.2, 0) is 11.3 Å². The number of hydrazine groups is 3. The van der Waals surface area contributed by atoms with E-state index in [1.165, 1.54) is 12.3 Å². The molecule has 106 valence electrons. The molecule has 1 saturated heterocycles. The number of carbonyl (C=O) groups is 1. The first-order valence-corrected chi connectivity index (χ1v) is 5.46. The van der Waals surface area contributed by atoms with Crippen molar-refractivity contribution in [1.82, 2.24) is 21.5 Å². The molecule has 1 aromatic rings. The quantitative estimate of drug-likeness (QED) is 0.370. The van der Waals surface area contributed by atoms with Gasteiger partial charge in [0.25, 0.3) is 0 Å². The van der Waals surface area contributed by atoms with Gasteiger partial charge in [-0.05, 0) is 6.07 Å². The number of hydrogen-bond donors (Lipinski definition) is 5. The lowest BCUT2D eigenvalue weighted by Crippen LogP contribution is -2.39. The zero-order chi connectivity index (χ0) is 14.5. The van der Waals surface area contributed by atoms with Gasteiger partial charge < -0.3 is 15.9 Å². The van der Waals surface area contributed by atoms with E-state index in [4.69, 9.17) is 15.9 Å². The average molecular weight is 281 g/mol. The maximum absolute atomic E-state index is 13.8. The van der Waals surface area contributed by atoms with Gasteiger partial charge in [0.1, 0.15) is 12.4 Å². The van der Waals surface area contributed by atoms with Crippen molar-refractivity contribution in [2.24, 2.45) is 5.73 Å². The van der Waals surface area contributed by atoms with Crippen molar-refractivity contribution in [3.05, 3.63) is 35.6 Å². The van der Waals surface area contributed by atoms with Crippen molar-refractivity contribution in [3.8, 4) is 0 Å². The first kappa shape index (κ1) is 13.7. The summed E-state index contributed by atoms with van der Waals surface area (Å²) in [6.45, 7) is -0.239.